The lowest BCUT2D eigenvalue weighted by Gasteiger charge is -2.18. The average Bonchev–Trinajstić information content (AvgIpc) is 2.57. The molecule has 1 saturated heterocycles. The van der Waals surface area contributed by atoms with Crippen molar-refractivity contribution in [3.05, 3.63) is 34.9 Å². The van der Waals surface area contributed by atoms with Crippen molar-refractivity contribution in [2.75, 3.05) is 11.5 Å². The molecule has 2 rings (SSSR count). The molecule has 0 radical (unpaired) electrons. The van der Waals surface area contributed by atoms with E-state index in [4.69, 9.17) is 11.6 Å². The molecule has 0 bridgehead atoms. The summed E-state index contributed by atoms with van der Waals surface area (Å²) in [6.07, 6.45) is 1.58. The van der Waals surface area contributed by atoms with Gasteiger partial charge in [0.2, 0.25) is 0 Å². The largest absolute Gasteiger partial charge is 0.310 e. The summed E-state index contributed by atoms with van der Waals surface area (Å²) >= 11 is 5.94. The molecule has 0 aromatic heterocycles. The fraction of sp³-hybridized carbons (Fsp3) is 0.538. The molecular formula is C13H18ClNO2S. The topological polar surface area (TPSA) is 46.2 Å². The van der Waals surface area contributed by atoms with Crippen LogP contribution in [0.15, 0.2) is 24.3 Å². The monoisotopic (exact) mass is 287 g/mol. The van der Waals surface area contributed by atoms with Gasteiger partial charge in [-0.05, 0) is 37.5 Å². The Morgan fingerprint density at radius 3 is 2.89 bits per heavy atom. The lowest BCUT2D eigenvalue weighted by Crippen LogP contribution is -2.38. The average molecular weight is 288 g/mol. The Hall–Kier alpha value is -0.580. The maximum atomic E-state index is 11.4. The van der Waals surface area contributed by atoms with Crippen LogP contribution in [-0.4, -0.2) is 32.0 Å². The van der Waals surface area contributed by atoms with Crippen molar-refractivity contribution in [3.63, 3.8) is 0 Å². The van der Waals surface area contributed by atoms with Crippen LogP contribution < -0.4 is 5.32 Å². The molecule has 100 valence electrons. The Kier molecular flexibility index (Phi) is 4.30. The highest BCUT2D eigenvalue weighted by atomic mass is 35.5. The minimum absolute atomic E-state index is 0.101. The zero-order valence-corrected chi connectivity index (χ0v) is 12.0. The molecule has 1 aromatic rings. The lowest BCUT2D eigenvalue weighted by atomic mass is 10.1. The molecule has 1 fully saturated rings. The molecule has 5 heteroatoms. The quantitative estimate of drug-likeness (QED) is 0.922. The van der Waals surface area contributed by atoms with E-state index in [9.17, 15) is 8.42 Å². The Morgan fingerprint density at radius 2 is 2.28 bits per heavy atom. The van der Waals surface area contributed by atoms with Crippen LogP contribution in [0.3, 0.4) is 0 Å². The van der Waals surface area contributed by atoms with Gasteiger partial charge in [-0.2, -0.15) is 0 Å². The van der Waals surface area contributed by atoms with Gasteiger partial charge in [0.15, 0.2) is 9.84 Å². The number of halogens is 1. The van der Waals surface area contributed by atoms with Gasteiger partial charge in [0.1, 0.15) is 0 Å². The third kappa shape index (κ3) is 3.97. The summed E-state index contributed by atoms with van der Waals surface area (Å²) in [6.45, 7) is 2.08. The molecule has 0 saturated carbocycles. The first-order valence-corrected chi connectivity index (χ1v) is 8.35. The molecule has 0 amide bonds. The summed E-state index contributed by atoms with van der Waals surface area (Å²) in [7, 11) is -2.80. The summed E-state index contributed by atoms with van der Waals surface area (Å²) in [5.74, 6) is 0.585. The summed E-state index contributed by atoms with van der Waals surface area (Å²) in [5.41, 5.74) is 1.17. The van der Waals surface area contributed by atoms with Crippen LogP contribution in [0.2, 0.25) is 5.02 Å². The number of hydrogen-bond donors (Lipinski definition) is 1. The number of sulfone groups is 1. The minimum atomic E-state index is -2.80. The van der Waals surface area contributed by atoms with Crippen molar-refractivity contribution >= 4 is 21.4 Å². The van der Waals surface area contributed by atoms with Crippen molar-refractivity contribution in [3.8, 4) is 0 Å². The predicted molar refractivity (Wildman–Crippen MR) is 74.8 cm³/mol. The van der Waals surface area contributed by atoms with Crippen LogP contribution in [0.25, 0.3) is 0 Å². The first-order chi connectivity index (χ1) is 8.44. The van der Waals surface area contributed by atoms with Gasteiger partial charge in [-0.3, -0.25) is 0 Å². The van der Waals surface area contributed by atoms with Gasteiger partial charge in [0.05, 0.1) is 11.5 Å². The zero-order chi connectivity index (χ0) is 13.2. The van der Waals surface area contributed by atoms with E-state index in [1.54, 1.807) is 0 Å². The molecule has 3 nitrogen and oxygen atoms in total. The van der Waals surface area contributed by atoms with E-state index in [-0.39, 0.29) is 17.8 Å². The molecule has 2 unspecified atom stereocenters. The molecule has 1 N–H and O–H groups in total. The first kappa shape index (κ1) is 13.8. The second kappa shape index (κ2) is 5.59. The standard InChI is InChI=1S/C13H18ClNO2S/c1-10(7-11-3-2-4-12(14)8-11)15-13-5-6-18(16,17)9-13/h2-4,8,10,13,15H,5-7,9H2,1H3. The summed E-state index contributed by atoms with van der Waals surface area (Å²) in [6, 6.07) is 8.13. The predicted octanol–water partition coefficient (Wildman–Crippen LogP) is 2.05. The second-order valence-electron chi connectivity index (χ2n) is 5.00. The SMILES string of the molecule is CC(Cc1cccc(Cl)c1)NC1CCS(=O)(=O)C1. The van der Waals surface area contributed by atoms with Crippen molar-refractivity contribution in [2.24, 2.45) is 0 Å². The third-order valence-electron chi connectivity index (χ3n) is 3.18. The van der Waals surface area contributed by atoms with E-state index in [1.807, 2.05) is 24.3 Å². The molecule has 0 spiro atoms. The summed E-state index contributed by atoms with van der Waals surface area (Å²) in [4.78, 5) is 0. The Morgan fingerprint density at radius 1 is 1.50 bits per heavy atom. The number of benzene rings is 1. The van der Waals surface area contributed by atoms with Crippen molar-refractivity contribution < 1.29 is 8.42 Å². The van der Waals surface area contributed by atoms with E-state index in [1.165, 1.54) is 5.56 Å². The first-order valence-electron chi connectivity index (χ1n) is 6.15. The highest BCUT2D eigenvalue weighted by Gasteiger charge is 2.28. The van der Waals surface area contributed by atoms with E-state index in [2.05, 4.69) is 12.2 Å². The van der Waals surface area contributed by atoms with Gasteiger partial charge in [-0.15, -0.1) is 0 Å². The number of rotatable bonds is 4. The van der Waals surface area contributed by atoms with Crippen LogP contribution in [0.5, 0.6) is 0 Å². The van der Waals surface area contributed by atoms with Gasteiger partial charge in [-0.25, -0.2) is 8.42 Å². The molecule has 0 aliphatic carbocycles. The molecule has 1 aliphatic rings. The maximum Gasteiger partial charge on any atom is 0.151 e. The smallest absolute Gasteiger partial charge is 0.151 e. The molecule has 18 heavy (non-hydrogen) atoms. The van der Waals surface area contributed by atoms with Crippen LogP contribution >= 0.6 is 11.6 Å². The Balaban J connectivity index is 1.88. The molecule has 1 aliphatic heterocycles. The maximum absolute atomic E-state index is 11.4. The van der Waals surface area contributed by atoms with Crippen LogP contribution in [0.4, 0.5) is 0 Å². The van der Waals surface area contributed by atoms with Crippen molar-refractivity contribution in [1.82, 2.24) is 5.32 Å². The highest BCUT2D eigenvalue weighted by Crippen LogP contribution is 2.15. The van der Waals surface area contributed by atoms with Crippen molar-refractivity contribution in [2.45, 2.75) is 31.8 Å². The molecular weight excluding hydrogens is 270 g/mol. The second-order valence-corrected chi connectivity index (χ2v) is 7.67. The zero-order valence-electron chi connectivity index (χ0n) is 10.4. The molecule has 2 atom stereocenters. The van der Waals surface area contributed by atoms with Gasteiger partial charge in [-0.1, -0.05) is 23.7 Å². The van der Waals surface area contributed by atoms with E-state index in [0.29, 0.717) is 5.75 Å². The van der Waals surface area contributed by atoms with Gasteiger partial charge in [0.25, 0.3) is 0 Å². The summed E-state index contributed by atoms with van der Waals surface area (Å²) in [5, 5.41) is 4.12. The number of nitrogens with one attached hydrogen (secondary N) is 1. The minimum Gasteiger partial charge on any atom is -0.310 e. The van der Waals surface area contributed by atoms with E-state index >= 15 is 0 Å². The number of hydrogen-bond acceptors (Lipinski definition) is 3. The fourth-order valence-electron chi connectivity index (χ4n) is 2.41. The van der Waals surface area contributed by atoms with Gasteiger partial charge >= 0.3 is 0 Å². The van der Waals surface area contributed by atoms with Crippen LogP contribution in [0, 0.1) is 0 Å². The van der Waals surface area contributed by atoms with E-state index < -0.39 is 9.84 Å². The normalized spacial score (nSPS) is 24.0. The third-order valence-corrected chi connectivity index (χ3v) is 5.19. The van der Waals surface area contributed by atoms with Gasteiger partial charge < -0.3 is 5.32 Å². The van der Waals surface area contributed by atoms with Crippen LogP contribution in [-0.2, 0) is 16.3 Å². The lowest BCUT2D eigenvalue weighted by molar-refractivity contribution is 0.469. The Labute approximate surface area is 113 Å². The van der Waals surface area contributed by atoms with Gasteiger partial charge in [0, 0.05) is 17.1 Å². The van der Waals surface area contributed by atoms with Crippen molar-refractivity contribution in [1.29, 1.82) is 0 Å². The fourth-order valence-corrected chi connectivity index (χ4v) is 4.30. The van der Waals surface area contributed by atoms with E-state index in [0.717, 1.165) is 17.9 Å². The highest BCUT2D eigenvalue weighted by molar-refractivity contribution is 7.91. The molecule has 1 heterocycles. The summed E-state index contributed by atoms with van der Waals surface area (Å²) < 4.78 is 22.7. The van der Waals surface area contributed by atoms with Crippen LogP contribution in [0.1, 0.15) is 18.9 Å². The molecule has 1 aromatic carbocycles. The Bertz CT molecular complexity index is 515.